The van der Waals surface area contributed by atoms with Crippen LogP contribution >= 0.6 is 12.4 Å². The van der Waals surface area contributed by atoms with Gasteiger partial charge in [-0.25, -0.2) is 0 Å². The molecule has 0 saturated carbocycles. The summed E-state index contributed by atoms with van der Waals surface area (Å²) < 4.78 is 0. The van der Waals surface area contributed by atoms with Gasteiger partial charge in [0.05, 0.1) is 17.7 Å². The van der Waals surface area contributed by atoms with E-state index >= 15 is 0 Å². The average molecular weight is 428 g/mol. The van der Waals surface area contributed by atoms with Gasteiger partial charge in [0.15, 0.2) is 0 Å². The van der Waals surface area contributed by atoms with E-state index < -0.39 is 0 Å². The minimum atomic E-state index is -0.285. The highest BCUT2D eigenvalue weighted by Gasteiger charge is 2.35. The fraction of sp³-hybridized carbons (Fsp3) is 0.348. The van der Waals surface area contributed by atoms with Crippen molar-refractivity contribution in [2.45, 2.75) is 32.4 Å². The largest absolute Gasteiger partial charge is 0.334 e. The Morgan fingerprint density at radius 3 is 2.40 bits per heavy atom. The third-order valence-corrected chi connectivity index (χ3v) is 5.59. The van der Waals surface area contributed by atoms with Crippen LogP contribution in [0.5, 0.6) is 0 Å². The van der Waals surface area contributed by atoms with E-state index in [9.17, 15) is 14.4 Å². The Kier molecular flexibility index (Phi) is 6.90. The molecule has 1 unspecified atom stereocenters. The van der Waals surface area contributed by atoms with Gasteiger partial charge in [-0.15, -0.1) is 12.4 Å². The lowest BCUT2D eigenvalue weighted by molar-refractivity contribution is 0.0641. The molecular formula is C23H26ClN3O3. The number of hydrogen-bond acceptors (Lipinski definition) is 4. The second-order valence-electron chi connectivity index (χ2n) is 7.59. The standard InChI is InChI=1S/C23H25N3O3.ClH/c1-2-12-25(18-10-11-24-14-18)21(27)17-7-5-6-16(13-17)15-26-22(28)19-8-3-4-9-20(19)23(26)29;/h3-9,13,18,24H,2,10-12,14-15H2,1H3;1H. The molecule has 2 heterocycles. The maximum absolute atomic E-state index is 13.2. The summed E-state index contributed by atoms with van der Waals surface area (Å²) in [4.78, 5) is 41.6. The average Bonchev–Trinajstić information content (AvgIpc) is 3.36. The Hall–Kier alpha value is -2.70. The molecule has 2 aromatic rings. The van der Waals surface area contributed by atoms with Gasteiger partial charge in [-0.2, -0.15) is 0 Å². The molecule has 2 aromatic carbocycles. The van der Waals surface area contributed by atoms with Gasteiger partial charge in [0.2, 0.25) is 0 Å². The van der Waals surface area contributed by atoms with Gasteiger partial charge >= 0.3 is 0 Å². The molecule has 3 amide bonds. The normalized spacial score (nSPS) is 17.6. The molecule has 0 radical (unpaired) electrons. The summed E-state index contributed by atoms with van der Waals surface area (Å²) in [6.45, 7) is 4.69. The first-order valence-corrected chi connectivity index (χ1v) is 10.2. The van der Waals surface area contributed by atoms with Crippen LogP contribution in [0.1, 0.15) is 56.4 Å². The van der Waals surface area contributed by atoms with Crippen LogP contribution in [0.3, 0.4) is 0 Å². The first-order valence-electron chi connectivity index (χ1n) is 10.2. The number of nitrogens with zero attached hydrogens (tertiary/aromatic N) is 2. The van der Waals surface area contributed by atoms with Crippen LogP contribution < -0.4 is 5.32 Å². The number of imide groups is 1. The highest BCUT2D eigenvalue weighted by Crippen LogP contribution is 2.25. The molecule has 1 atom stereocenters. The van der Waals surface area contributed by atoms with Crippen LogP contribution in [-0.4, -0.2) is 53.2 Å². The molecule has 0 spiro atoms. The van der Waals surface area contributed by atoms with Gasteiger partial charge in [0, 0.05) is 24.7 Å². The quantitative estimate of drug-likeness (QED) is 0.719. The van der Waals surface area contributed by atoms with Crippen LogP contribution in [0, 0.1) is 0 Å². The molecule has 2 aliphatic heterocycles. The predicted octanol–water partition coefficient (Wildman–Crippen LogP) is 3.12. The lowest BCUT2D eigenvalue weighted by Gasteiger charge is -2.28. The van der Waals surface area contributed by atoms with Gasteiger partial charge in [0.25, 0.3) is 17.7 Å². The molecule has 0 bridgehead atoms. The number of nitrogens with one attached hydrogen (secondary N) is 1. The topological polar surface area (TPSA) is 69.7 Å². The van der Waals surface area contributed by atoms with Crippen molar-refractivity contribution in [3.8, 4) is 0 Å². The van der Waals surface area contributed by atoms with E-state index in [2.05, 4.69) is 12.2 Å². The van der Waals surface area contributed by atoms with Gasteiger partial charge in [0.1, 0.15) is 0 Å². The van der Waals surface area contributed by atoms with E-state index in [-0.39, 0.29) is 42.7 Å². The second kappa shape index (κ2) is 9.41. The van der Waals surface area contributed by atoms with E-state index in [4.69, 9.17) is 0 Å². The molecule has 1 fully saturated rings. The fourth-order valence-electron chi connectivity index (χ4n) is 4.13. The van der Waals surface area contributed by atoms with E-state index in [1.54, 1.807) is 36.4 Å². The first-order chi connectivity index (χ1) is 14.1. The molecule has 2 aliphatic rings. The monoisotopic (exact) mass is 427 g/mol. The van der Waals surface area contributed by atoms with Crippen molar-refractivity contribution >= 4 is 30.1 Å². The van der Waals surface area contributed by atoms with Crippen LogP contribution in [0.15, 0.2) is 48.5 Å². The Morgan fingerprint density at radius 1 is 1.10 bits per heavy atom. The number of fused-ring (bicyclic) bond motifs is 1. The lowest BCUT2D eigenvalue weighted by atomic mass is 10.1. The maximum atomic E-state index is 13.2. The molecule has 0 aromatic heterocycles. The number of benzene rings is 2. The van der Waals surface area contributed by atoms with E-state index in [0.29, 0.717) is 23.2 Å². The minimum absolute atomic E-state index is 0. The second-order valence-corrected chi connectivity index (χ2v) is 7.59. The van der Waals surface area contributed by atoms with Crippen molar-refractivity contribution in [2.24, 2.45) is 0 Å². The Balaban J connectivity index is 0.00000256. The lowest BCUT2D eigenvalue weighted by Crippen LogP contribution is -2.42. The summed E-state index contributed by atoms with van der Waals surface area (Å²) in [7, 11) is 0. The summed E-state index contributed by atoms with van der Waals surface area (Å²) in [5.74, 6) is -0.566. The number of carbonyl (C=O) groups excluding carboxylic acids is 3. The Labute approximate surface area is 182 Å². The zero-order valence-electron chi connectivity index (χ0n) is 17.0. The molecule has 1 saturated heterocycles. The molecular weight excluding hydrogens is 402 g/mol. The van der Waals surface area contributed by atoms with E-state index in [1.165, 1.54) is 4.90 Å². The van der Waals surface area contributed by atoms with Crippen molar-refractivity contribution < 1.29 is 14.4 Å². The summed E-state index contributed by atoms with van der Waals surface area (Å²) in [6.07, 6.45) is 1.86. The van der Waals surface area contributed by atoms with E-state index in [1.807, 2.05) is 17.0 Å². The SMILES string of the molecule is CCCN(C(=O)c1cccc(CN2C(=O)c3ccccc3C2=O)c1)C1CCNC1.Cl. The van der Waals surface area contributed by atoms with Crippen molar-refractivity contribution in [1.29, 1.82) is 0 Å². The molecule has 6 nitrogen and oxygen atoms in total. The van der Waals surface area contributed by atoms with Gasteiger partial charge in [-0.1, -0.05) is 31.2 Å². The Morgan fingerprint density at radius 2 is 1.80 bits per heavy atom. The molecule has 4 rings (SSSR count). The number of amides is 3. The van der Waals surface area contributed by atoms with Crippen LogP contribution in [0.4, 0.5) is 0 Å². The third kappa shape index (κ3) is 4.11. The zero-order chi connectivity index (χ0) is 20.4. The van der Waals surface area contributed by atoms with Gasteiger partial charge in [-0.05, 0) is 49.2 Å². The number of hydrogen-bond donors (Lipinski definition) is 1. The molecule has 0 aliphatic carbocycles. The summed E-state index contributed by atoms with van der Waals surface area (Å²) in [5, 5.41) is 3.32. The van der Waals surface area contributed by atoms with Crippen LogP contribution in [0.2, 0.25) is 0 Å². The zero-order valence-corrected chi connectivity index (χ0v) is 17.8. The highest BCUT2D eigenvalue weighted by atomic mass is 35.5. The smallest absolute Gasteiger partial charge is 0.261 e. The summed E-state index contributed by atoms with van der Waals surface area (Å²) in [5.41, 5.74) is 2.24. The predicted molar refractivity (Wildman–Crippen MR) is 117 cm³/mol. The fourth-order valence-corrected chi connectivity index (χ4v) is 4.13. The van der Waals surface area contributed by atoms with E-state index in [0.717, 1.165) is 31.5 Å². The van der Waals surface area contributed by atoms with Crippen LogP contribution in [-0.2, 0) is 6.54 Å². The van der Waals surface area contributed by atoms with Crippen LogP contribution in [0.25, 0.3) is 0 Å². The first kappa shape index (κ1) is 22.0. The van der Waals surface area contributed by atoms with Crippen molar-refractivity contribution in [3.63, 3.8) is 0 Å². The van der Waals surface area contributed by atoms with Gasteiger partial charge in [-0.3, -0.25) is 19.3 Å². The number of halogens is 1. The van der Waals surface area contributed by atoms with Crippen molar-refractivity contribution in [2.75, 3.05) is 19.6 Å². The maximum Gasteiger partial charge on any atom is 0.261 e. The number of rotatable bonds is 6. The van der Waals surface area contributed by atoms with Gasteiger partial charge < -0.3 is 10.2 Å². The highest BCUT2D eigenvalue weighted by molar-refractivity contribution is 6.21. The third-order valence-electron chi connectivity index (χ3n) is 5.59. The molecule has 158 valence electrons. The van der Waals surface area contributed by atoms with Crippen molar-refractivity contribution in [1.82, 2.24) is 15.1 Å². The van der Waals surface area contributed by atoms with Crippen molar-refractivity contribution in [3.05, 3.63) is 70.8 Å². The number of carbonyl (C=O) groups is 3. The molecule has 7 heteroatoms. The Bertz CT molecular complexity index is 921. The molecule has 30 heavy (non-hydrogen) atoms. The molecule has 1 N–H and O–H groups in total. The summed E-state index contributed by atoms with van der Waals surface area (Å²) >= 11 is 0. The minimum Gasteiger partial charge on any atom is -0.334 e. The summed E-state index contributed by atoms with van der Waals surface area (Å²) in [6, 6.07) is 14.3.